The second-order valence-corrected chi connectivity index (χ2v) is 5.36. The Kier molecular flexibility index (Phi) is 5.80. The molecule has 0 amide bonds. The Morgan fingerprint density at radius 2 is 2.20 bits per heavy atom. The van der Waals surface area contributed by atoms with Crippen LogP contribution in [0.5, 0.6) is 5.75 Å². The summed E-state index contributed by atoms with van der Waals surface area (Å²) < 4.78 is 34.9. The number of nitrogens with one attached hydrogen (secondary N) is 1. The second kappa shape index (κ2) is 7.35. The lowest BCUT2D eigenvalue weighted by atomic mass is 10.3. The van der Waals surface area contributed by atoms with Crippen molar-refractivity contribution in [3.63, 3.8) is 0 Å². The van der Waals surface area contributed by atoms with Crippen molar-refractivity contribution in [1.29, 1.82) is 5.26 Å². The standard InChI is InChI=1S/C12H14N2O5S/c1-2-18-12(15)9-19-11-5-3-4-10(8-11)14-20(16,17)7-6-13/h3-5,8,14H,2,7,9H2,1H3. The highest BCUT2D eigenvalue weighted by Crippen LogP contribution is 2.18. The van der Waals surface area contributed by atoms with Crippen LogP contribution in [0, 0.1) is 11.3 Å². The first-order valence-electron chi connectivity index (χ1n) is 5.73. The molecule has 0 bridgehead atoms. The maximum atomic E-state index is 11.4. The molecule has 108 valence electrons. The van der Waals surface area contributed by atoms with E-state index in [0.717, 1.165) is 0 Å². The van der Waals surface area contributed by atoms with Crippen molar-refractivity contribution < 1.29 is 22.7 Å². The van der Waals surface area contributed by atoms with Gasteiger partial charge in [0.05, 0.1) is 18.4 Å². The highest BCUT2D eigenvalue weighted by Gasteiger charge is 2.10. The number of hydrogen-bond donors (Lipinski definition) is 1. The molecule has 0 spiro atoms. The van der Waals surface area contributed by atoms with Crippen LogP contribution in [0.2, 0.25) is 0 Å². The Balaban J connectivity index is 2.67. The summed E-state index contributed by atoms with van der Waals surface area (Å²) in [4.78, 5) is 11.1. The third-order valence-electron chi connectivity index (χ3n) is 2.02. The van der Waals surface area contributed by atoms with Crippen LogP contribution in [0.1, 0.15) is 6.92 Å². The Morgan fingerprint density at radius 3 is 2.85 bits per heavy atom. The smallest absolute Gasteiger partial charge is 0.344 e. The first kappa shape index (κ1) is 15.8. The summed E-state index contributed by atoms with van der Waals surface area (Å²) >= 11 is 0. The molecule has 0 aliphatic carbocycles. The number of esters is 1. The summed E-state index contributed by atoms with van der Waals surface area (Å²) in [5.74, 6) is -0.834. The van der Waals surface area contributed by atoms with Gasteiger partial charge in [0.15, 0.2) is 12.4 Å². The number of carbonyl (C=O) groups excluding carboxylic acids is 1. The number of nitriles is 1. The lowest BCUT2D eigenvalue weighted by molar-refractivity contribution is -0.145. The Labute approximate surface area is 117 Å². The van der Waals surface area contributed by atoms with Crippen molar-refractivity contribution in [1.82, 2.24) is 0 Å². The molecule has 0 heterocycles. The van der Waals surface area contributed by atoms with Crippen molar-refractivity contribution in [3.8, 4) is 11.8 Å². The molecule has 1 N–H and O–H groups in total. The zero-order valence-electron chi connectivity index (χ0n) is 10.8. The zero-order valence-corrected chi connectivity index (χ0v) is 11.6. The molecule has 0 aliphatic rings. The number of rotatable bonds is 7. The van der Waals surface area contributed by atoms with Gasteiger partial charge in [0.1, 0.15) is 5.75 Å². The first-order chi connectivity index (χ1) is 9.46. The van der Waals surface area contributed by atoms with Crippen LogP contribution < -0.4 is 9.46 Å². The minimum Gasteiger partial charge on any atom is -0.482 e. The van der Waals surface area contributed by atoms with Gasteiger partial charge in [0, 0.05) is 6.07 Å². The van der Waals surface area contributed by atoms with Gasteiger partial charge >= 0.3 is 5.97 Å². The molecule has 8 heteroatoms. The Bertz CT molecular complexity index is 607. The average Bonchev–Trinajstić information content (AvgIpc) is 2.36. The molecule has 0 fully saturated rings. The molecule has 1 rings (SSSR count). The number of sulfonamides is 1. The van der Waals surface area contributed by atoms with Crippen LogP contribution in [0.3, 0.4) is 0 Å². The van der Waals surface area contributed by atoms with E-state index in [9.17, 15) is 13.2 Å². The number of benzene rings is 1. The summed E-state index contributed by atoms with van der Waals surface area (Å²) in [5.41, 5.74) is 0.251. The average molecular weight is 298 g/mol. The van der Waals surface area contributed by atoms with Crippen LogP contribution in [-0.4, -0.2) is 33.4 Å². The fraction of sp³-hybridized carbons (Fsp3) is 0.333. The lowest BCUT2D eigenvalue weighted by Gasteiger charge is -2.08. The number of hydrogen-bond acceptors (Lipinski definition) is 6. The molecule has 0 unspecified atom stereocenters. The quantitative estimate of drug-likeness (QED) is 0.749. The number of carbonyl (C=O) groups is 1. The van der Waals surface area contributed by atoms with Crippen molar-refractivity contribution in [2.75, 3.05) is 23.7 Å². The van der Waals surface area contributed by atoms with E-state index < -0.39 is 21.7 Å². The van der Waals surface area contributed by atoms with Gasteiger partial charge in [-0.25, -0.2) is 13.2 Å². The third kappa shape index (κ3) is 5.58. The van der Waals surface area contributed by atoms with Crippen LogP contribution >= 0.6 is 0 Å². The summed E-state index contributed by atoms with van der Waals surface area (Å²) in [6, 6.07) is 7.60. The molecule has 0 atom stereocenters. The van der Waals surface area contributed by atoms with E-state index >= 15 is 0 Å². The molecule has 0 radical (unpaired) electrons. The molecule has 1 aromatic rings. The molecule has 0 aromatic heterocycles. The fourth-order valence-electron chi connectivity index (χ4n) is 1.29. The highest BCUT2D eigenvalue weighted by atomic mass is 32.2. The topological polar surface area (TPSA) is 105 Å². The largest absolute Gasteiger partial charge is 0.482 e. The molecule has 7 nitrogen and oxygen atoms in total. The van der Waals surface area contributed by atoms with Crippen molar-refractivity contribution >= 4 is 21.7 Å². The number of anilines is 1. The van der Waals surface area contributed by atoms with Gasteiger partial charge in [-0.15, -0.1) is 0 Å². The van der Waals surface area contributed by atoms with E-state index in [0.29, 0.717) is 5.75 Å². The van der Waals surface area contributed by atoms with Crippen LogP contribution in [0.15, 0.2) is 24.3 Å². The molecule has 0 aliphatic heterocycles. The summed E-state index contributed by atoms with van der Waals surface area (Å²) in [7, 11) is -3.70. The van der Waals surface area contributed by atoms with E-state index in [4.69, 9.17) is 14.7 Å². The molecule has 20 heavy (non-hydrogen) atoms. The molecular weight excluding hydrogens is 284 g/mol. The molecule has 0 saturated heterocycles. The zero-order chi connectivity index (χ0) is 15.0. The maximum absolute atomic E-state index is 11.4. The van der Waals surface area contributed by atoms with E-state index in [1.165, 1.54) is 12.1 Å². The molecule has 0 saturated carbocycles. The first-order valence-corrected chi connectivity index (χ1v) is 7.38. The van der Waals surface area contributed by atoms with Gasteiger partial charge in [-0.1, -0.05) is 6.07 Å². The second-order valence-electron chi connectivity index (χ2n) is 3.64. The highest BCUT2D eigenvalue weighted by molar-refractivity contribution is 7.92. The van der Waals surface area contributed by atoms with Gasteiger partial charge in [0.2, 0.25) is 10.0 Å². The van der Waals surface area contributed by atoms with Crippen molar-refractivity contribution in [3.05, 3.63) is 24.3 Å². The summed E-state index contributed by atoms with van der Waals surface area (Å²) in [6.07, 6.45) is 0. The van der Waals surface area contributed by atoms with Crippen LogP contribution in [-0.2, 0) is 19.6 Å². The molecular formula is C12H14N2O5S. The minimum absolute atomic E-state index is 0.251. The third-order valence-corrected chi connectivity index (χ3v) is 3.08. The van der Waals surface area contributed by atoms with Crippen LogP contribution in [0.25, 0.3) is 0 Å². The van der Waals surface area contributed by atoms with E-state index in [-0.39, 0.29) is 18.9 Å². The summed E-state index contributed by atoms with van der Waals surface area (Å²) in [6.45, 7) is 1.68. The number of ether oxygens (including phenoxy) is 2. The van der Waals surface area contributed by atoms with E-state index in [2.05, 4.69) is 4.72 Å². The molecule has 1 aromatic carbocycles. The maximum Gasteiger partial charge on any atom is 0.344 e. The van der Waals surface area contributed by atoms with Crippen LogP contribution in [0.4, 0.5) is 5.69 Å². The lowest BCUT2D eigenvalue weighted by Crippen LogP contribution is -2.16. The SMILES string of the molecule is CCOC(=O)COc1cccc(NS(=O)(=O)CC#N)c1. The van der Waals surface area contributed by atoms with E-state index in [1.54, 1.807) is 25.1 Å². The van der Waals surface area contributed by atoms with Gasteiger partial charge in [-0.3, -0.25) is 4.72 Å². The predicted octanol–water partition coefficient (Wildman–Crippen LogP) is 0.894. The van der Waals surface area contributed by atoms with Gasteiger partial charge < -0.3 is 9.47 Å². The predicted molar refractivity (Wildman–Crippen MR) is 71.6 cm³/mol. The Morgan fingerprint density at radius 1 is 1.45 bits per heavy atom. The van der Waals surface area contributed by atoms with Crippen molar-refractivity contribution in [2.45, 2.75) is 6.92 Å². The monoisotopic (exact) mass is 298 g/mol. The normalized spacial score (nSPS) is 10.4. The van der Waals surface area contributed by atoms with Gasteiger partial charge in [-0.05, 0) is 19.1 Å². The Hall–Kier alpha value is -2.27. The fourth-order valence-corrected chi connectivity index (χ4v) is 2.02. The van der Waals surface area contributed by atoms with Gasteiger partial charge in [-0.2, -0.15) is 5.26 Å². The van der Waals surface area contributed by atoms with Gasteiger partial charge in [0.25, 0.3) is 0 Å². The van der Waals surface area contributed by atoms with Crippen molar-refractivity contribution in [2.24, 2.45) is 0 Å². The number of nitrogens with zero attached hydrogens (tertiary/aromatic N) is 1. The minimum atomic E-state index is -3.70. The van der Waals surface area contributed by atoms with E-state index in [1.807, 2.05) is 0 Å². The summed E-state index contributed by atoms with van der Waals surface area (Å²) in [5, 5.41) is 8.39.